The minimum Gasteiger partial charge on any atom is -0.295 e. The van der Waals surface area contributed by atoms with Gasteiger partial charge in [0.2, 0.25) is 0 Å². The van der Waals surface area contributed by atoms with E-state index in [4.69, 9.17) is 11.6 Å². The molecule has 0 unspecified atom stereocenters. The van der Waals surface area contributed by atoms with Crippen molar-refractivity contribution in [3.63, 3.8) is 0 Å². The van der Waals surface area contributed by atoms with Gasteiger partial charge in [0.05, 0.1) is 0 Å². The molecule has 0 saturated carbocycles. The van der Waals surface area contributed by atoms with Gasteiger partial charge in [-0.25, -0.2) is 4.39 Å². The molecule has 114 valence electrons. The van der Waals surface area contributed by atoms with Crippen molar-refractivity contribution < 1.29 is 9.18 Å². The Balaban J connectivity index is 2.67. The Morgan fingerprint density at radius 3 is 2.18 bits per heavy atom. The molecule has 0 heterocycles. The molecule has 0 N–H and O–H groups in total. The lowest BCUT2D eigenvalue weighted by atomic mass is 9.90. The third-order valence-electron chi connectivity index (χ3n) is 4.02. The topological polar surface area (TPSA) is 17.1 Å². The van der Waals surface area contributed by atoms with Crippen molar-refractivity contribution in [3.8, 4) is 11.1 Å². The van der Waals surface area contributed by atoms with Crippen LogP contribution in [0.3, 0.4) is 0 Å². The van der Waals surface area contributed by atoms with Crippen LogP contribution in [0.1, 0.15) is 31.9 Å². The van der Waals surface area contributed by atoms with Gasteiger partial charge >= 0.3 is 0 Å². The van der Waals surface area contributed by atoms with E-state index < -0.39 is 0 Å². The Kier molecular flexibility index (Phi) is 4.82. The monoisotopic (exact) mass is 316 g/mol. The summed E-state index contributed by atoms with van der Waals surface area (Å²) in [7, 11) is 0. The quantitative estimate of drug-likeness (QED) is 0.650. The number of carbonyl (C=O) groups excluding carboxylic acids is 1. The molecule has 1 nitrogen and oxygen atoms in total. The lowest BCUT2D eigenvalue weighted by Gasteiger charge is -2.14. The van der Waals surface area contributed by atoms with Crippen LogP contribution in [-0.2, 0) is 4.79 Å². The second kappa shape index (κ2) is 6.45. The second-order valence-corrected chi connectivity index (χ2v) is 5.88. The summed E-state index contributed by atoms with van der Waals surface area (Å²) >= 11 is 5.91. The molecular weight excluding hydrogens is 299 g/mol. The number of ketones is 1. The van der Waals surface area contributed by atoms with Gasteiger partial charge in [-0.1, -0.05) is 23.7 Å². The van der Waals surface area contributed by atoms with Crippen LogP contribution < -0.4 is 0 Å². The highest BCUT2D eigenvalue weighted by Gasteiger charge is 2.13. The van der Waals surface area contributed by atoms with Gasteiger partial charge < -0.3 is 0 Å². The number of halogens is 2. The van der Waals surface area contributed by atoms with E-state index >= 15 is 0 Å². The molecule has 0 bridgehead atoms. The number of carbonyl (C=O) groups is 1. The Hall–Kier alpha value is -1.93. The fraction of sp³-hybridized carbons (Fsp3) is 0.211. The van der Waals surface area contributed by atoms with E-state index in [1.54, 1.807) is 19.1 Å². The molecule has 0 radical (unpaired) electrons. The van der Waals surface area contributed by atoms with Gasteiger partial charge in [0, 0.05) is 5.02 Å². The highest BCUT2D eigenvalue weighted by Crippen LogP contribution is 2.32. The number of allylic oxidation sites excluding steroid dienone is 2. The maximum Gasteiger partial charge on any atom is 0.155 e. The lowest BCUT2D eigenvalue weighted by Crippen LogP contribution is -1.99. The van der Waals surface area contributed by atoms with Crippen molar-refractivity contribution in [3.05, 3.63) is 63.9 Å². The molecule has 0 aliphatic heterocycles. The number of hydrogen-bond acceptors (Lipinski definition) is 1. The van der Waals surface area contributed by atoms with E-state index in [1.165, 1.54) is 19.1 Å². The average Bonchev–Trinajstić information content (AvgIpc) is 2.48. The minimum atomic E-state index is -0.318. The molecule has 2 rings (SSSR count). The van der Waals surface area contributed by atoms with Gasteiger partial charge in [0.25, 0.3) is 0 Å². The van der Waals surface area contributed by atoms with Crippen LogP contribution in [0.15, 0.2) is 42.0 Å². The molecule has 0 fully saturated rings. The third-order valence-corrected chi connectivity index (χ3v) is 4.27. The third kappa shape index (κ3) is 3.28. The standard InChI is InChI=1S/C19H18ClFO/c1-11(14(4)22)12(2)18-9-17(21)10-19(13(18)3)15-5-7-16(20)8-6-15/h5-10H,1-4H3/b12-11+. The van der Waals surface area contributed by atoms with Gasteiger partial charge in [-0.15, -0.1) is 0 Å². The Morgan fingerprint density at radius 2 is 1.64 bits per heavy atom. The van der Waals surface area contributed by atoms with Crippen molar-refractivity contribution >= 4 is 23.0 Å². The second-order valence-electron chi connectivity index (χ2n) is 5.44. The average molecular weight is 317 g/mol. The first kappa shape index (κ1) is 16.4. The molecule has 0 atom stereocenters. The number of benzene rings is 2. The van der Waals surface area contributed by atoms with Crippen LogP contribution in [0.4, 0.5) is 4.39 Å². The summed E-state index contributed by atoms with van der Waals surface area (Å²) in [6.07, 6.45) is 0. The van der Waals surface area contributed by atoms with E-state index in [-0.39, 0.29) is 11.6 Å². The van der Waals surface area contributed by atoms with Gasteiger partial charge in [-0.05, 0) is 85.4 Å². The van der Waals surface area contributed by atoms with E-state index in [0.717, 1.165) is 27.8 Å². The summed E-state index contributed by atoms with van der Waals surface area (Å²) in [6, 6.07) is 10.3. The molecule has 0 aliphatic carbocycles. The fourth-order valence-corrected chi connectivity index (χ4v) is 2.59. The summed E-state index contributed by atoms with van der Waals surface area (Å²) in [5, 5.41) is 0.640. The van der Waals surface area contributed by atoms with Crippen LogP contribution in [0.2, 0.25) is 5.02 Å². The minimum absolute atomic E-state index is 0.00537. The fourth-order valence-electron chi connectivity index (χ4n) is 2.46. The van der Waals surface area contributed by atoms with E-state index in [9.17, 15) is 9.18 Å². The molecule has 0 saturated heterocycles. The molecule has 0 aromatic heterocycles. The van der Waals surface area contributed by atoms with Gasteiger partial charge in [0.15, 0.2) is 5.78 Å². The van der Waals surface area contributed by atoms with Gasteiger partial charge in [0.1, 0.15) is 5.82 Å². The largest absolute Gasteiger partial charge is 0.295 e. The molecule has 2 aromatic carbocycles. The molecule has 0 aliphatic rings. The first-order valence-electron chi connectivity index (χ1n) is 7.06. The van der Waals surface area contributed by atoms with Gasteiger partial charge in [-0.3, -0.25) is 4.79 Å². The van der Waals surface area contributed by atoms with E-state index in [2.05, 4.69) is 0 Å². The van der Waals surface area contributed by atoms with Crippen LogP contribution in [0.25, 0.3) is 16.7 Å². The number of Topliss-reactive ketones (excluding diaryl/α,β-unsaturated/α-hetero) is 1. The molecule has 3 heteroatoms. The van der Waals surface area contributed by atoms with Crippen LogP contribution in [-0.4, -0.2) is 5.78 Å². The van der Waals surface area contributed by atoms with E-state index in [0.29, 0.717) is 10.6 Å². The smallest absolute Gasteiger partial charge is 0.155 e. The first-order valence-corrected chi connectivity index (χ1v) is 7.44. The SMILES string of the molecule is CC(=O)/C(C)=C(\C)c1cc(F)cc(-c2ccc(Cl)cc2)c1C. The zero-order valence-corrected chi connectivity index (χ0v) is 13.9. The maximum atomic E-state index is 14.1. The van der Waals surface area contributed by atoms with Crippen molar-refractivity contribution in [1.82, 2.24) is 0 Å². The van der Waals surface area contributed by atoms with Crippen molar-refractivity contribution in [2.75, 3.05) is 0 Å². The Morgan fingerprint density at radius 1 is 1.05 bits per heavy atom. The van der Waals surface area contributed by atoms with Crippen molar-refractivity contribution in [2.24, 2.45) is 0 Å². The van der Waals surface area contributed by atoms with Crippen molar-refractivity contribution in [1.29, 1.82) is 0 Å². The summed E-state index contributed by atoms with van der Waals surface area (Å²) in [5.74, 6) is -0.324. The Bertz CT molecular complexity index is 758. The summed E-state index contributed by atoms with van der Waals surface area (Å²) < 4.78 is 14.1. The summed E-state index contributed by atoms with van der Waals surface area (Å²) in [5.41, 5.74) is 4.87. The predicted molar refractivity (Wildman–Crippen MR) is 90.5 cm³/mol. The molecule has 2 aromatic rings. The Labute approximate surface area is 135 Å². The number of rotatable bonds is 3. The zero-order chi connectivity index (χ0) is 16.4. The zero-order valence-electron chi connectivity index (χ0n) is 13.1. The molecule has 0 amide bonds. The molecular formula is C19H18ClFO. The normalized spacial score (nSPS) is 12.1. The first-order chi connectivity index (χ1) is 10.3. The highest BCUT2D eigenvalue weighted by molar-refractivity contribution is 6.30. The summed E-state index contributed by atoms with van der Waals surface area (Å²) in [6.45, 7) is 7.08. The molecule has 0 spiro atoms. The van der Waals surface area contributed by atoms with E-state index in [1.807, 2.05) is 26.0 Å². The van der Waals surface area contributed by atoms with Crippen molar-refractivity contribution in [2.45, 2.75) is 27.7 Å². The predicted octanol–water partition coefficient (Wildman–Crippen LogP) is 5.84. The van der Waals surface area contributed by atoms with Crippen LogP contribution in [0, 0.1) is 12.7 Å². The summed E-state index contributed by atoms with van der Waals surface area (Å²) in [4.78, 5) is 11.6. The highest BCUT2D eigenvalue weighted by atomic mass is 35.5. The maximum absolute atomic E-state index is 14.1. The van der Waals surface area contributed by atoms with Crippen LogP contribution in [0.5, 0.6) is 0 Å². The lowest BCUT2D eigenvalue weighted by molar-refractivity contribution is -0.113. The van der Waals surface area contributed by atoms with Crippen LogP contribution >= 0.6 is 11.6 Å². The molecule has 22 heavy (non-hydrogen) atoms. The van der Waals surface area contributed by atoms with Gasteiger partial charge in [-0.2, -0.15) is 0 Å². The number of hydrogen-bond donors (Lipinski definition) is 0.